The van der Waals surface area contributed by atoms with Crippen LogP contribution in [-0.2, 0) is 25.9 Å². The van der Waals surface area contributed by atoms with Crippen LogP contribution >= 0.6 is 0 Å². The van der Waals surface area contributed by atoms with E-state index in [4.69, 9.17) is 4.74 Å². The molecule has 2 N–H and O–H groups in total. The normalized spacial score (nSPS) is 12.3. The van der Waals surface area contributed by atoms with Gasteiger partial charge in [0.2, 0.25) is 9.84 Å². The number of rotatable bonds is 11. The summed E-state index contributed by atoms with van der Waals surface area (Å²) in [5.41, 5.74) is 2.05. The van der Waals surface area contributed by atoms with Gasteiger partial charge < -0.3 is 10.1 Å². The van der Waals surface area contributed by atoms with Gasteiger partial charge in [-0.25, -0.2) is 18.1 Å². The minimum absolute atomic E-state index is 0.0715. The highest BCUT2D eigenvalue weighted by molar-refractivity contribution is 7.91. The molecule has 1 atom stereocenters. The first kappa shape index (κ1) is 26.0. The number of benzene rings is 1. The molecule has 10 nitrogen and oxygen atoms in total. The van der Waals surface area contributed by atoms with E-state index in [1.807, 2.05) is 36.5 Å². The van der Waals surface area contributed by atoms with Crippen molar-refractivity contribution in [1.29, 1.82) is 0 Å². The third-order valence-electron chi connectivity index (χ3n) is 5.29. The molecule has 0 saturated heterocycles. The van der Waals surface area contributed by atoms with Crippen molar-refractivity contribution in [3.63, 3.8) is 0 Å². The number of anilines is 1. The van der Waals surface area contributed by atoms with Gasteiger partial charge in [0.05, 0.1) is 22.4 Å². The lowest BCUT2D eigenvalue weighted by Gasteiger charge is -2.20. The van der Waals surface area contributed by atoms with Gasteiger partial charge in [-0.05, 0) is 61.9 Å². The number of hydrogen-bond donors (Lipinski definition) is 2. The molecule has 4 aromatic rings. The summed E-state index contributed by atoms with van der Waals surface area (Å²) < 4.78 is 34.1. The molecule has 192 valence electrons. The summed E-state index contributed by atoms with van der Waals surface area (Å²) in [5.74, 6) is -0.0756. The summed E-state index contributed by atoms with van der Waals surface area (Å²) in [5, 5.41) is 9.10. The number of sulfone groups is 1. The van der Waals surface area contributed by atoms with Crippen molar-refractivity contribution in [2.75, 3.05) is 11.9 Å². The van der Waals surface area contributed by atoms with Crippen molar-refractivity contribution >= 4 is 21.6 Å². The number of aromatic nitrogens is 4. The monoisotopic (exact) mass is 520 g/mol. The zero-order chi connectivity index (χ0) is 26.3. The smallest absolute Gasteiger partial charge is 0.325 e. The van der Waals surface area contributed by atoms with Crippen LogP contribution in [0.3, 0.4) is 0 Å². The van der Waals surface area contributed by atoms with Crippen molar-refractivity contribution in [2.24, 2.45) is 0 Å². The van der Waals surface area contributed by atoms with Gasteiger partial charge in [0, 0.05) is 31.3 Å². The molecule has 0 bridgehead atoms. The highest BCUT2D eigenvalue weighted by Gasteiger charge is 2.30. The van der Waals surface area contributed by atoms with Crippen LogP contribution in [0.2, 0.25) is 0 Å². The number of ether oxygens (including phenoxy) is 1. The molecule has 0 aliphatic rings. The first-order chi connectivity index (χ1) is 17.8. The number of nitrogens with one attached hydrogen (secondary N) is 2. The maximum Gasteiger partial charge on any atom is 0.325 e. The third-order valence-corrected chi connectivity index (χ3v) is 7.22. The van der Waals surface area contributed by atoms with Crippen LogP contribution in [0.4, 0.5) is 5.82 Å². The molecule has 3 aromatic heterocycles. The van der Waals surface area contributed by atoms with E-state index in [9.17, 15) is 13.2 Å². The van der Waals surface area contributed by atoms with E-state index in [1.165, 1.54) is 18.5 Å². The Hall–Kier alpha value is -4.09. The second-order valence-electron chi connectivity index (χ2n) is 8.45. The van der Waals surface area contributed by atoms with Crippen LogP contribution in [0.5, 0.6) is 0 Å². The van der Waals surface area contributed by atoms with Gasteiger partial charge in [-0.2, -0.15) is 5.10 Å². The molecule has 37 heavy (non-hydrogen) atoms. The Kier molecular flexibility index (Phi) is 8.26. The highest BCUT2D eigenvalue weighted by atomic mass is 32.2. The molecule has 1 aromatic carbocycles. The number of carbonyl (C=O) groups is 1. The zero-order valence-corrected chi connectivity index (χ0v) is 21.3. The van der Waals surface area contributed by atoms with E-state index in [-0.39, 0.29) is 29.8 Å². The Morgan fingerprint density at radius 2 is 1.84 bits per heavy atom. The standard InChI is InChI=1S/C26H28N6O4S/c1-19(2)36-25(33)18-28-24-8-3-7-23(31-24)26(37(34,35)22-6-4-13-27-17-22)29-16-20-9-11-21(12-10-20)32-15-5-14-30-32/h3-15,17,19,26,29H,16,18H2,1-2H3,(H,28,31). The fraction of sp³-hybridized carbons (Fsp3) is 0.231. The van der Waals surface area contributed by atoms with Crippen molar-refractivity contribution in [3.8, 4) is 5.69 Å². The highest BCUT2D eigenvalue weighted by Crippen LogP contribution is 2.26. The van der Waals surface area contributed by atoms with Crippen LogP contribution in [0.15, 0.2) is 90.3 Å². The number of nitrogens with zero attached hydrogens (tertiary/aromatic N) is 4. The molecular formula is C26H28N6O4S. The van der Waals surface area contributed by atoms with Crippen LogP contribution < -0.4 is 10.6 Å². The van der Waals surface area contributed by atoms with Gasteiger partial charge in [0.1, 0.15) is 12.4 Å². The first-order valence-electron chi connectivity index (χ1n) is 11.7. The van der Waals surface area contributed by atoms with Gasteiger partial charge in [-0.1, -0.05) is 18.2 Å². The molecule has 11 heteroatoms. The van der Waals surface area contributed by atoms with Gasteiger partial charge in [0.25, 0.3) is 0 Å². The second kappa shape index (κ2) is 11.8. The Bertz CT molecular complexity index is 1410. The number of hydrogen-bond acceptors (Lipinski definition) is 9. The maximum absolute atomic E-state index is 13.6. The van der Waals surface area contributed by atoms with E-state index in [2.05, 4.69) is 25.7 Å². The maximum atomic E-state index is 13.6. The lowest BCUT2D eigenvalue weighted by atomic mass is 10.2. The Morgan fingerprint density at radius 3 is 2.51 bits per heavy atom. The van der Waals surface area contributed by atoms with Crippen molar-refractivity contribution in [2.45, 2.75) is 36.8 Å². The Morgan fingerprint density at radius 1 is 1.03 bits per heavy atom. The van der Waals surface area contributed by atoms with Crippen molar-refractivity contribution < 1.29 is 17.9 Å². The molecule has 0 aliphatic carbocycles. The summed E-state index contributed by atoms with van der Waals surface area (Å²) in [4.78, 5) is 20.4. The fourth-order valence-corrected chi connectivity index (χ4v) is 5.09. The van der Waals surface area contributed by atoms with E-state index < -0.39 is 21.2 Å². The average Bonchev–Trinajstić information content (AvgIpc) is 3.43. The van der Waals surface area contributed by atoms with E-state index in [1.54, 1.807) is 49.0 Å². The molecule has 0 saturated carbocycles. The first-order valence-corrected chi connectivity index (χ1v) is 13.2. The molecular weight excluding hydrogens is 492 g/mol. The lowest BCUT2D eigenvalue weighted by Crippen LogP contribution is -2.30. The van der Waals surface area contributed by atoms with Crippen LogP contribution in [0.25, 0.3) is 5.69 Å². The van der Waals surface area contributed by atoms with Gasteiger partial charge in [0.15, 0.2) is 5.37 Å². The average molecular weight is 521 g/mol. The summed E-state index contributed by atoms with van der Waals surface area (Å²) in [6, 6.07) is 17.5. The number of pyridine rings is 2. The second-order valence-corrected chi connectivity index (χ2v) is 10.5. The fourth-order valence-electron chi connectivity index (χ4n) is 3.59. The number of carbonyl (C=O) groups excluding carboxylic acids is 1. The van der Waals surface area contributed by atoms with Gasteiger partial charge >= 0.3 is 5.97 Å². The molecule has 0 amide bonds. The zero-order valence-electron chi connectivity index (χ0n) is 20.5. The van der Waals surface area contributed by atoms with E-state index >= 15 is 0 Å². The van der Waals surface area contributed by atoms with Crippen LogP contribution in [0, 0.1) is 0 Å². The van der Waals surface area contributed by atoms with Gasteiger partial charge in [-0.3, -0.25) is 15.1 Å². The molecule has 1 unspecified atom stereocenters. The Balaban J connectivity index is 1.56. The summed E-state index contributed by atoms with van der Waals surface area (Å²) in [6.45, 7) is 3.71. The predicted molar refractivity (Wildman–Crippen MR) is 139 cm³/mol. The topological polar surface area (TPSA) is 128 Å². The summed E-state index contributed by atoms with van der Waals surface area (Å²) in [7, 11) is -3.90. The van der Waals surface area contributed by atoms with Crippen LogP contribution in [-0.4, -0.2) is 46.8 Å². The van der Waals surface area contributed by atoms with Crippen molar-refractivity contribution in [1.82, 2.24) is 25.1 Å². The molecule has 0 spiro atoms. The molecule has 4 rings (SSSR count). The van der Waals surface area contributed by atoms with Gasteiger partial charge in [-0.15, -0.1) is 0 Å². The van der Waals surface area contributed by atoms with E-state index in [0.29, 0.717) is 5.82 Å². The summed E-state index contributed by atoms with van der Waals surface area (Å²) in [6.07, 6.45) is 6.14. The minimum Gasteiger partial charge on any atom is -0.462 e. The molecule has 0 aliphatic heterocycles. The minimum atomic E-state index is -3.90. The molecule has 0 radical (unpaired) electrons. The van der Waals surface area contributed by atoms with Crippen LogP contribution in [0.1, 0.15) is 30.5 Å². The lowest BCUT2D eigenvalue weighted by molar-refractivity contribution is -0.145. The van der Waals surface area contributed by atoms with E-state index in [0.717, 1.165) is 11.3 Å². The summed E-state index contributed by atoms with van der Waals surface area (Å²) >= 11 is 0. The molecule has 3 heterocycles. The third kappa shape index (κ3) is 6.78. The quantitative estimate of drug-likeness (QED) is 0.286. The predicted octanol–water partition coefficient (Wildman–Crippen LogP) is 3.29. The molecule has 0 fully saturated rings. The Labute approximate surface area is 215 Å². The van der Waals surface area contributed by atoms with Crippen molar-refractivity contribution in [3.05, 3.63) is 96.7 Å². The largest absolute Gasteiger partial charge is 0.462 e. The SMILES string of the molecule is CC(C)OC(=O)CNc1cccc(C(NCc2ccc(-n3cccn3)cc2)S(=O)(=O)c2cccnc2)n1. The number of esters is 1.